The van der Waals surface area contributed by atoms with Gasteiger partial charge in [-0.25, -0.2) is 4.98 Å². The Labute approximate surface area is 128 Å². The number of aryl methyl sites for hydroxylation is 1. The molecule has 0 bridgehead atoms. The third-order valence-electron chi connectivity index (χ3n) is 3.06. The summed E-state index contributed by atoms with van der Waals surface area (Å²) in [4.78, 5) is 19.2. The van der Waals surface area contributed by atoms with Crippen molar-refractivity contribution in [1.82, 2.24) is 10.3 Å². The summed E-state index contributed by atoms with van der Waals surface area (Å²) in [6, 6.07) is 9.01. The molecular weight excluding hydrogens is 286 g/mol. The van der Waals surface area contributed by atoms with Crippen molar-refractivity contribution in [2.75, 3.05) is 25.6 Å². The fourth-order valence-electron chi connectivity index (χ4n) is 1.93. The number of aliphatic hydroxyl groups is 1. The lowest BCUT2D eigenvalue weighted by Crippen LogP contribution is -2.30. The lowest BCUT2D eigenvalue weighted by atomic mass is 10.1. The van der Waals surface area contributed by atoms with Gasteiger partial charge in [-0.15, -0.1) is 0 Å². The van der Waals surface area contributed by atoms with Gasteiger partial charge in [0.1, 0.15) is 4.88 Å². The minimum absolute atomic E-state index is 0.145. The molecule has 0 radical (unpaired) electrons. The molecule has 5 nitrogen and oxygen atoms in total. The standard InChI is InChI=1S/C15H19N3O2S/c1-10-13(21-15(16-10)18(2)3)14(20)17-12(9-19)11-7-5-4-6-8-11/h4-8,12,19H,9H2,1-3H3,(H,17,20). The van der Waals surface area contributed by atoms with Gasteiger partial charge >= 0.3 is 0 Å². The van der Waals surface area contributed by atoms with Crippen LogP contribution in [0.5, 0.6) is 0 Å². The van der Waals surface area contributed by atoms with Crippen LogP contribution in [0.15, 0.2) is 30.3 Å². The second-order valence-electron chi connectivity index (χ2n) is 4.92. The number of carbonyl (C=O) groups is 1. The van der Waals surface area contributed by atoms with Crippen molar-refractivity contribution in [3.05, 3.63) is 46.5 Å². The van der Waals surface area contributed by atoms with Crippen LogP contribution >= 0.6 is 11.3 Å². The fraction of sp³-hybridized carbons (Fsp3) is 0.333. The number of benzene rings is 1. The summed E-state index contributed by atoms with van der Waals surface area (Å²) in [5.41, 5.74) is 1.58. The highest BCUT2D eigenvalue weighted by Gasteiger charge is 2.20. The van der Waals surface area contributed by atoms with Gasteiger partial charge in [-0.1, -0.05) is 41.7 Å². The number of nitrogens with zero attached hydrogens (tertiary/aromatic N) is 2. The molecule has 0 saturated carbocycles. The maximum Gasteiger partial charge on any atom is 0.263 e. The van der Waals surface area contributed by atoms with Crippen molar-refractivity contribution in [3.63, 3.8) is 0 Å². The molecule has 0 aliphatic carbocycles. The Morgan fingerprint density at radius 1 is 1.38 bits per heavy atom. The Kier molecular flexibility index (Phi) is 4.93. The molecule has 0 saturated heterocycles. The molecule has 2 aromatic rings. The summed E-state index contributed by atoms with van der Waals surface area (Å²) in [6.45, 7) is 1.67. The molecule has 0 spiro atoms. The third-order valence-corrected chi connectivity index (χ3v) is 4.39. The van der Waals surface area contributed by atoms with E-state index < -0.39 is 6.04 Å². The topological polar surface area (TPSA) is 65.5 Å². The van der Waals surface area contributed by atoms with E-state index in [4.69, 9.17) is 0 Å². The van der Waals surface area contributed by atoms with E-state index in [0.29, 0.717) is 10.6 Å². The van der Waals surface area contributed by atoms with E-state index >= 15 is 0 Å². The molecule has 21 heavy (non-hydrogen) atoms. The number of aliphatic hydroxyl groups excluding tert-OH is 1. The van der Waals surface area contributed by atoms with E-state index in [2.05, 4.69) is 10.3 Å². The second kappa shape index (κ2) is 6.69. The predicted octanol–water partition coefficient (Wildman–Crippen LogP) is 1.98. The number of nitrogens with one attached hydrogen (secondary N) is 1. The van der Waals surface area contributed by atoms with Crippen molar-refractivity contribution in [2.24, 2.45) is 0 Å². The Morgan fingerprint density at radius 2 is 2.05 bits per heavy atom. The number of anilines is 1. The quantitative estimate of drug-likeness (QED) is 0.886. The Morgan fingerprint density at radius 3 is 2.57 bits per heavy atom. The number of hydrogen-bond donors (Lipinski definition) is 2. The van der Waals surface area contributed by atoms with Gasteiger partial charge < -0.3 is 15.3 Å². The van der Waals surface area contributed by atoms with Gasteiger partial charge in [0.2, 0.25) is 0 Å². The van der Waals surface area contributed by atoms with Crippen molar-refractivity contribution in [3.8, 4) is 0 Å². The minimum atomic E-state index is -0.414. The SMILES string of the molecule is Cc1nc(N(C)C)sc1C(=O)NC(CO)c1ccccc1. The molecule has 112 valence electrons. The zero-order valence-corrected chi connectivity index (χ0v) is 13.1. The largest absolute Gasteiger partial charge is 0.394 e. The molecular formula is C15H19N3O2S. The first kappa shape index (κ1) is 15.5. The van der Waals surface area contributed by atoms with E-state index in [9.17, 15) is 9.90 Å². The van der Waals surface area contributed by atoms with Crippen LogP contribution in [0.3, 0.4) is 0 Å². The van der Waals surface area contributed by atoms with Crippen LogP contribution in [-0.2, 0) is 0 Å². The number of carbonyl (C=O) groups excluding carboxylic acids is 1. The summed E-state index contributed by atoms with van der Waals surface area (Å²) in [5.74, 6) is -0.207. The van der Waals surface area contributed by atoms with Crippen molar-refractivity contribution >= 4 is 22.4 Å². The Bertz CT molecular complexity index is 611. The van der Waals surface area contributed by atoms with Crippen LogP contribution in [0.25, 0.3) is 0 Å². The maximum atomic E-state index is 12.4. The molecule has 1 aromatic heterocycles. The molecule has 2 rings (SSSR count). The molecule has 0 aliphatic heterocycles. The summed E-state index contributed by atoms with van der Waals surface area (Å²) in [7, 11) is 3.78. The van der Waals surface area contributed by atoms with E-state index in [0.717, 1.165) is 10.7 Å². The van der Waals surface area contributed by atoms with Crippen LogP contribution in [0.4, 0.5) is 5.13 Å². The summed E-state index contributed by atoms with van der Waals surface area (Å²) in [6.07, 6.45) is 0. The number of aromatic nitrogens is 1. The predicted molar refractivity (Wildman–Crippen MR) is 84.9 cm³/mol. The number of hydrogen-bond acceptors (Lipinski definition) is 5. The van der Waals surface area contributed by atoms with Gasteiger partial charge in [-0.3, -0.25) is 4.79 Å². The molecule has 1 atom stereocenters. The van der Waals surface area contributed by atoms with Crippen molar-refractivity contribution in [2.45, 2.75) is 13.0 Å². The van der Waals surface area contributed by atoms with Crippen LogP contribution in [0.1, 0.15) is 27.0 Å². The third kappa shape index (κ3) is 3.59. The highest BCUT2D eigenvalue weighted by molar-refractivity contribution is 7.17. The monoisotopic (exact) mass is 305 g/mol. The van der Waals surface area contributed by atoms with Crippen molar-refractivity contribution < 1.29 is 9.90 Å². The fourth-order valence-corrected chi connectivity index (χ4v) is 2.82. The second-order valence-corrected chi connectivity index (χ2v) is 5.90. The van der Waals surface area contributed by atoms with Gasteiger partial charge in [0.25, 0.3) is 5.91 Å². The first-order valence-electron chi connectivity index (χ1n) is 6.64. The molecule has 2 N–H and O–H groups in total. The number of amides is 1. The lowest BCUT2D eigenvalue weighted by Gasteiger charge is -2.16. The molecule has 6 heteroatoms. The number of rotatable bonds is 5. The van der Waals surface area contributed by atoms with Crippen molar-refractivity contribution in [1.29, 1.82) is 0 Å². The van der Waals surface area contributed by atoms with Gasteiger partial charge in [0, 0.05) is 14.1 Å². The minimum Gasteiger partial charge on any atom is -0.394 e. The van der Waals surface area contributed by atoms with E-state index in [1.807, 2.05) is 56.3 Å². The van der Waals surface area contributed by atoms with Crippen LogP contribution in [0.2, 0.25) is 0 Å². The molecule has 1 heterocycles. The van der Waals surface area contributed by atoms with Crippen LogP contribution < -0.4 is 10.2 Å². The molecule has 0 fully saturated rings. The van der Waals surface area contributed by atoms with E-state index in [1.165, 1.54) is 11.3 Å². The average molecular weight is 305 g/mol. The summed E-state index contributed by atoms with van der Waals surface area (Å²) >= 11 is 1.34. The van der Waals surface area contributed by atoms with Gasteiger partial charge in [0.05, 0.1) is 18.3 Å². The molecule has 1 amide bonds. The van der Waals surface area contributed by atoms with Crippen LogP contribution in [-0.4, -0.2) is 36.7 Å². The molecule has 1 aromatic carbocycles. The summed E-state index contributed by atoms with van der Waals surface area (Å²) in [5, 5.41) is 13.1. The molecule has 1 unspecified atom stereocenters. The van der Waals surface area contributed by atoms with E-state index in [-0.39, 0.29) is 12.5 Å². The zero-order chi connectivity index (χ0) is 15.4. The first-order chi connectivity index (χ1) is 10.0. The normalized spacial score (nSPS) is 12.0. The smallest absolute Gasteiger partial charge is 0.263 e. The highest BCUT2D eigenvalue weighted by atomic mass is 32.1. The Hall–Kier alpha value is -1.92. The lowest BCUT2D eigenvalue weighted by molar-refractivity contribution is 0.0919. The van der Waals surface area contributed by atoms with Crippen LogP contribution in [0, 0.1) is 6.92 Å². The van der Waals surface area contributed by atoms with E-state index in [1.54, 1.807) is 0 Å². The maximum absolute atomic E-state index is 12.4. The average Bonchev–Trinajstić information content (AvgIpc) is 2.88. The number of thiazole rings is 1. The summed E-state index contributed by atoms with van der Waals surface area (Å²) < 4.78 is 0. The zero-order valence-electron chi connectivity index (χ0n) is 12.3. The first-order valence-corrected chi connectivity index (χ1v) is 7.46. The van der Waals surface area contributed by atoms with Gasteiger partial charge in [-0.2, -0.15) is 0 Å². The van der Waals surface area contributed by atoms with Gasteiger partial charge in [-0.05, 0) is 12.5 Å². The molecule has 0 aliphatic rings. The Balaban J connectivity index is 2.17. The highest BCUT2D eigenvalue weighted by Crippen LogP contribution is 2.25. The van der Waals surface area contributed by atoms with Gasteiger partial charge in [0.15, 0.2) is 5.13 Å².